The van der Waals surface area contributed by atoms with Crippen LogP contribution in [0, 0.1) is 0 Å². The van der Waals surface area contributed by atoms with E-state index < -0.39 is 0 Å². The van der Waals surface area contributed by atoms with E-state index in [9.17, 15) is 0 Å². The van der Waals surface area contributed by atoms with Crippen LogP contribution in [0.1, 0.15) is 11.8 Å². The molecule has 78 valence electrons. The van der Waals surface area contributed by atoms with Crippen LogP contribution in [-0.2, 0) is 4.74 Å². The lowest BCUT2D eigenvalue weighted by Gasteiger charge is -2.22. The Morgan fingerprint density at radius 1 is 1.47 bits per heavy atom. The molecule has 3 heterocycles. The maximum atomic E-state index is 5.67. The predicted molar refractivity (Wildman–Crippen MR) is 55.5 cm³/mol. The summed E-state index contributed by atoms with van der Waals surface area (Å²) in [5, 5.41) is 11.5. The summed E-state index contributed by atoms with van der Waals surface area (Å²) in [6, 6.07) is 3.93. The van der Waals surface area contributed by atoms with Crippen molar-refractivity contribution in [2.24, 2.45) is 0 Å². The van der Waals surface area contributed by atoms with Crippen LogP contribution in [0.3, 0.4) is 0 Å². The Morgan fingerprint density at radius 2 is 2.47 bits per heavy atom. The van der Waals surface area contributed by atoms with Crippen molar-refractivity contribution in [3.05, 3.63) is 24.0 Å². The minimum absolute atomic E-state index is 0.0629. The molecule has 0 radical (unpaired) electrons. The summed E-state index contributed by atoms with van der Waals surface area (Å²) >= 11 is 0. The maximum absolute atomic E-state index is 5.67. The van der Waals surface area contributed by atoms with Crippen molar-refractivity contribution >= 4 is 11.0 Å². The zero-order valence-corrected chi connectivity index (χ0v) is 8.23. The van der Waals surface area contributed by atoms with Gasteiger partial charge in [0.15, 0.2) is 5.65 Å². The first-order valence-electron chi connectivity index (χ1n) is 5.06. The van der Waals surface area contributed by atoms with E-state index in [-0.39, 0.29) is 6.10 Å². The molecule has 1 aliphatic heterocycles. The summed E-state index contributed by atoms with van der Waals surface area (Å²) in [7, 11) is 0. The molecule has 2 aromatic heterocycles. The van der Waals surface area contributed by atoms with Crippen LogP contribution in [-0.4, -0.2) is 34.9 Å². The Morgan fingerprint density at radius 3 is 3.33 bits per heavy atom. The number of hydrogen-bond acceptors (Lipinski definition) is 4. The van der Waals surface area contributed by atoms with E-state index in [1.807, 2.05) is 12.1 Å². The highest BCUT2D eigenvalue weighted by Gasteiger charge is 2.20. The van der Waals surface area contributed by atoms with Gasteiger partial charge in [-0.15, -0.1) is 0 Å². The molecule has 0 bridgehead atoms. The SMILES string of the molecule is c1cnc2n[nH]c(C3CNCCO3)c2c1. The summed E-state index contributed by atoms with van der Waals surface area (Å²) < 4.78 is 5.67. The molecule has 1 saturated heterocycles. The van der Waals surface area contributed by atoms with Crippen molar-refractivity contribution in [3.63, 3.8) is 0 Å². The third kappa shape index (κ3) is 1.49. The largest absolute Gasteiger partial charge is 0.369 e. The molecular formula is C10H12N4O. The Labute approximate surface area is 86.8 Å². The number of pyridine rings is 1. The van der Waals surface area contributed by atoms with Crippen molar-refractivity contribution in [2.45, 2.75) is 6.10 Å². The number of hydrogen-bond donors (Lipinski definition) is 2. The van der Waals surface area contributed by atoms with Crippen molar-refractivity contribution in [1.29, 1.82) is 0 Å². The number of rotatable bonds is 1. The molecule has 3 rings (SSSR count). The van der Waals surface area contributed by atoms with E-state index in [1.54, 1.807) is 6.20 Å². The zero-order valence-electron chi connectivity index (χ0n) is 8.23. The lowest BCUT2D eigenvalue weighted by molar-refractivity contribution is 0.0258. The molecule has 2 aromatic rings. The first kappa shape index (κ1) is 8.82. The topological polar surface area (TPSA) is 62.8 Å². The van der Waals surface area contributed by atoms with Gasteiger partial charge in [0.25, 0.3) is 0 Å². The Bertz CT molecular complexity index is 461. The fraction of sp³-hybridized carbons (Fsp3) is 0.400. The van der Waals surface area contributed by atoms with Gasteiger partial charge in [0.1, 0.15) is 6.10 Å². The standard InChI is InChI=1S/C10H12N4O/c1-2-7-9(8-6-11-4-5-15-8)13-14-10(7)12-3-1/h1-3,8,11H,4-6H2,(H,12,13,14). The van der Waals surface area contributed by atoms with Gasteiger partial charge in [0, 0.05) is 24.7 Å². The van der Waals surface area contributed by atoms with Gasteiger partial charge in [0.2, 0.25) is 0 Å². The molecule has 5 heteroatoms. The second-order valence-corrected chi connectivity index (χ2v) is 3.58. The van der Waals surface area contributed by atoms with Crippen LogP contribution >= 0.6 is 0 Å². The molecule has 1 fully saturated rings. The number of ether oxygens (including phenoxy) is 1. The van der Waals surface area contributed by atoms with Crippen LogP contribution in [0.5, 0.6) is 0 Å². The van der Waals surface area contributed by atoms with Crippen LogP contribution in [0.4, 0.5) is 0 Å². The van der Waals surface area contributed by atoms with E-state index in [0.29, 0.717) is 0 Å². The lowest BCUT2D eigenvalue weighted by atomic mass is 10.1. The van der Waals surface area contributed by atoms with E-state index in [0.717, 1.165) is 36.4 Å². The van der Waals surface area contributed by atoms with Crippen LogP contribution in [0.2, 0.25) is 0 Å². The summed E-state index contributed by atoms with van der Waals surface area (Å²) in [5.74, 6) is 0. The highest BCUT2D eigenvalue weighted by molar-refractivity contribution is 5.77. The summed E-state index contributed by atoms with van der Waals surface area (Å²) in [4.78, 5) is 4.18. The van der Waals surface area contributed by atoms with Gasteiger partial charge in [-0.05, 0) is 12.1 Å². The maximum Gasteiger partial charge on any atom is 0.181 e. The predicted octanol–water partition coefficient (Wildman–Crippen LogP) is 0.619. The summed E-state index contributed by atoms with van der Waals surface area (Å²) in [6.45, 7) is 2.48. The fourth-order valence-corrected chi connectivity index (χ4v) is 1.87. The van der Waals surface area contributed by atoms with Gasteiger partial charge in [-0.25, -0.2) is 4.98 Å². The highest BCUT2D eigenvalue weighted by atomic mass is 16.5. The average Bonchev–Trinajstić information content (AvgIpc) is 2.74. The molecule has 0 spiro atoms. The number of nitrogens with zero attached hydrogens (tertiary/aromatic N) is 2. The molecule has 5 nitrogen and oxygen atoms in total. The highest BCUT2D eigenvalue weighted by Crippen LogP contribution is 2.23. The van der Waals surface area contributed by atoms with Gasteiger partial charge in [-0.3, -0.25) is 5.10 Å². The smallest absolute Gasteiger partial charge is 0.181 e. The van der Waals surface area contributed by atoms with Crippen molar-refractivity contribution in [2.75, 3.05) is 19.7 Å². The molecule has 1 unspecified atom stereocenters. The third-order valence-corrected chi connectivity index (χ3v) is 2.61. The lowest BCUT2D eigenvalue weighted by Crippen LogP contribution is -2.33. The Kier molecular flexibility index (Phi) is 2.12. The fourth-order valence-electron chi connectivity index (χ4n) is 1.87. The summed E-state index contributed by atoms with van der Waals surface area (Å²) in [5.41, 5.74) is 1.77. The van der Waals surface area contributed by atoms with E-state index in [2.05, 4.69) is 20.5 Å². The van der Waals surface area contributed by atoms with Crippen LogP contribution in [0.15, 0.2) is 18.3 Å². The van der Waals surface area contributed by atoms with Gasteiger partial charge >= 0.3 is 0 Å². The minimum atomic E-state index is 0.0629. The van der Waals surface area contributed by atoms with Gasteiger partial charge in [-0.1, -0.05) is 0 Å². The number of aromatic nitrogens is 3. The molecule has 1 atom stereocenters. The number of nitrogens with one attached hydrogen (secondary N) is 2. The van der Waals surface area contributed by atoms with E-state index >= 15 is 0 Å². The van der Waals surface area contributed by atoms with Gasteiger partial charge < -0.3 is 10.1 Å². The third-order valence-electron chi connectivity index (χ3n) is 2.61. The van der Waals surface area contributed by atoms with Crippen LogP contribution in [0.25, 0.3) is 11.0 Å². The Balaban J connectivity index is 2.02. The molecule has 2 N–H and O–H groups in total. The second-order valence-electron chi connectivity index (χ2n) is 3.58. The minimum Gasteiger partial charge on any atom is -0.369 e. The molecule has 0 aliphatic carbocycles. The van der Waals surface area contributed by atoms with Crippen molar-refractivity contribution in [3.8, 4) is 0 Å². The second kappa shape index (κ2) is 3.60. The van der Waals surface area contributed by atoms with Gasteiger partial charge in [-0.2, -0.15) is 5.10 Å². The van der Waals surface area contributed by atoms with E-state index in [4.69, 9.17) is 4.74 Å². The monoisotopic (exact) mass is 204 g/mol. The van der Waals surface area contributed by atoms with Crippen LogP contribution < -0.4 is 5.32 Å². The first-order valence-corrected chi connectivity index (χ1v) is 5.06. The normalized spacial score (nSPS) is 22.0. The quantitative estimate of drug-likeness (QED) is 0.714. The number of morpholine rings is 1. The number of aromatic amines is 1. The molecule has 0 amide bonds. The van der Waals surface area contributed by atoms with Gasteiger partial charge in [0.05, 0.1) is 12.3 Å². The van der Waals surface area contributed by atoms with E-state index in [1.165, 1.54) is 0 Å². The zero-order chi connectivity index (χ0) is 10.1. The number of H-pyrrole nitrogens is 1. The molecule has 1 aliphatic rings. The molecule has 0 saturated carbocycles. The molecule has 15 heavy (non-hydrogen) atoms. The molecular weight excluding hydrogens is 192 g/mol. The average molecular weight is 204 g/mol. The van der Waals surface area contributed by atoms with Crippen molar-refractivity contribution in [1.82, 2.24) is 20.5 Å². The molecule has 0 aromatic carbocycles. The Hall–Kier alpha value is -1.46. The summed E-state index contributed by atoms with van der Waals surface area (Å²) in [6.07, 6.45) is 1.81. The first-order chi connectivity index (χ1) is 7.45. The van der Waals surface area contributed by atoms with Crippen molar-refractivity contribution < 1.29 is 4.74 Å². The number of fused-ring (bicyclic) bond motifs is 1.